The monoisotopic (exact) mass is 181 g/mol. The Labute approximate surface area is 80.0 Å². The van der Waals surface area contributed by atoms with Gasteiger partial charge in [-0.2, -0.15) is 0 Å². The van der Waals surface area contributed by atoms with E-state index in [1.54, 1.807) is 0 Å². The van der Waals surface area contributed by atoms with Crippen LogP contribution in [-0.2, 0) is 0 Å². The van der Waals surface area contributed by atoms with Crippen LogP contribution >= 0.6 is 0 Å². The molecule has 3 heteroatoms. The van der Waals surface area contributed by atoms with Gasteiger partial charge in [0.2, 0.25) is 0 Å². The van der Waals surface area contributed by atoms with Crippen LogP contribution in [0.3, 0.4) is 0 Å². The first-order valence-corrected chi connectivity index (χ1v) is 5.28. The fraction of sp³-hybridized carbons (Fsp3) is 0.900. The zero-order valence-electron chi connectivity index (χ0n) is 8.42. The lowest BCUT2D eigenvalue weighted by atomic mass is 9.90. The van der Waals surface area contributed by atoms with E-state index in [0.29, 0.717) is 5.54 Å². The molecule has 1 heterocycles. The number of aliphatic imine (C=N–C) groups is 1. The van der Waals surface area contributed by atoms with Crippen molar-refractivity contribution in [3.63, 3.8) is 0 Å². The molecule has 2 N–H and O–H groups in total. The van der Waals surface area contributed by atoms with Crippen molar-refractivity contribution in [2.24, 2.45) is 10.7 Å². The van der Waals surface area contributed by atoms with Gasteiger partial charge in [0, 0.05) is 7.05 Å². The summed E-state index contributed by atoms with van der Waals surface area (Å²) >= 11 is 0. The molecule has 0 atom stereocenters. The third kappa shape index (κ3) is 1.40. The Bertz CT molecular complexity index is 214. The van der Waals surface area contributed by atoms with E-state index in [-0.39, 0.29) is 0 Å². The van der Waals surface area contributed by atoms with E-state index >= 15 is 0 Å². The van der Waals surface area contributed by atoms with E-state index in [1.165, 1.54) is 38.5 Å². The quantitative estimate of drug-likeness (QED) is 0.612. The number of hydrogen-bond donors (Lipinski definition) is 1. The van der Waals surface area contributed by atoms with Gasteiger partial charge in [-0.3, -0.25) is 4.99 Å². The molecule has 13 heavy (non-hydrogen) atoms. The van der Waals surface area contributed by atoms with Crippen molar-refractivity contribution in [2.75, 3.05) is 13.6 Å². The van der Waals surface area contributed by atoms with Gasteiger partial charge >= 0.3 is 0 Å². The molecule has 0 amide bonds. The van der Waals surface area contributed by atoms with Gasteiger partial charge in [0.1, 0.15) is 0 Å². The summed E-state index contributed by atoms with van der Waals surface area (Å²) in [5, 5.41) is 0. The zero-order valence-corrected chi connectivity index (χ0v) is 8.42. The summed E-state index contributed by atoms with van der Waals surface area (Å²) < 4.78 is 0. The van der Waals surface area contributed by atoms with Crippen molar-refractivity contribution < 1.29 is 0 Å². The van der Waals surface area contributed by atoms with E-state index in [4.69, 9.17) is 5.73 Å². The van der Waals surface area contributed by atoms with E-state index in [9.17, 15) is 0 Å². The van der Waals surface area contributed by atoms with Crippen molar-refractivity contribution in [3.8, 4) is 0 Å². The third-order valence-corrected chi connectivity index (χ3v) is 3.62. The molecule has 0 unspecified atom stereocenters. The predicted octanol–water partition coefficient (Wildman–Crippen LogP) is 1.34. The smallest absolute Gasteiger partial charge is 0.191 e. The van der Waals surface area contributed by atoms with Crippen LogP contribution in [0.2, 0.25) is 0 Å². The Morgan fingerprint density at radius 3 is 2.31 bits per heavy atom. The van der Waals surface area contributed by atoms with Crippen molar-refractivity contribution in [2.45, 2.75) is 44.1 Å². The molecule has 0 aromatic rings. The molecule has 1 aliphatic heterocycles. The fourth-order valence-corrected chi connectivity index (χ4v) is 2.56. The van der Waals surface area contributed by atoms with Gasteiger partial charge in [0.05, 0.1) is 12.1 Å². The number of nitrogens with zero attached hydrogens (tertiary/aromatic N) is 2. The number of hydrogen-bond acceptors (Lipinski definition) is 3. The van der Waals surface area contributed by atoms with Gasteiger partial charge in [0.25, 0.3) is 0 Å². The maximum absolute atomic E-state index is 5.81. The Morgan fingerprint density at radius 2 is 1.85 bits per heavy atom. The number of nitrogens with two attached hydrogens (primary N) is 1. The highest BCUT2D eigenvalue weighted by Gasteiger charge is 2.39. The van der Waals surface area contributed by atoms with Gasteiger partial charge in [0.15, 0.2) is 5.96 Å². The van der Waals surface area contributed by atoms with Crippen molar-refractivity contribution in [3.05, 3.63) is 0 Å². The molecule has 1 aliphatic carbocycles. The van der Waals surface area contributed by atoms with E-state index in [2.05, 4.69) is 16.9 Å². The third-order valence-electron chi connectivity index (χ3n) is 3.62. The average Bonchev–Trinajstić information content (AvgIpc) is 2.38. The normalized spacial score (nSPS) is 27.5. The van der Waals surface area contributed by atoms with Crippen molar-refractivity contribution in [1.29, 1.82) is 0 Å². The summed E-state index contributed by atoms with van der Waals surface area (Å²) in [6.45, 7) is 0.926. The summed E-state index contributed by atoms with van der Waals surface area (Å²) in [7, 11) is 2.09. The van der Waals surface area contributed by atoms with E-state index < -0.39 is 0 Å². The van der Waals surface area contributed by atoms with Crippen LogP contribution in [0, 0.1) is 0 Å². The SMILES string of the molecule is CN1C(N)=NCC12CCCCCC2. The van der Waals surface area contributed by atoms with Gasteiger partial charge in [-0.25, -0.2) is 0 Å². The predicted molar refractivity (Wildman–Crippen MR) is 54.7 cm³/mol. The van der Waals surface area contributed by atoms with Crippen LogP contribution in [0.4, 0.5) is 0 Å². The second kappa shape index (κ2) is 3.20. The minimum atomic E-state index is 0.292. The Hall–Kier alpha value is -0.730. The van der Waals surface area contributed by atoms with Gasteiger partial charge < -0.3 is 10.6 Å². The molecule has 0 aromatic heterocycles. The van der Waals surface area contributed by atoms with E-state index in [1.807, 2.05) is 0 Å². The molecule has 0 bridgehead atoms. The van der Waals surface area contributed by atoms with Gasteiger partial charge in [-0.1, -0.05) is 25.7 Å². The van der Waals surface area contributed by atoms with Crippen LogP contribution in [-0.4, -0.2) is 30.0 Å². The maximum Gasteiger partial charge on any atom is 0.191 e. The molecule has 0 radical (unpaired) electrons. The summed E-state index contributed by atoms with van der Waals surface area (Å²) in [4.78, 5) is 6.56. The topological polar surface area (TPSA) is 41.6 Å². The van der Waals surface area contributed by atoms with Crippen LogP contribution in [0.25, 0.3) is 0 Å². The molecule has 74 valence electrons. The molecular formula is C10H19N3. The maximum atomic E-state index is 5.81. The Morgan fingerprint density at radius 1 is 1.23 bits per heavy atom. The van der Waals surface area contributed by atoms with Crippen LogP contribution < -0.4 is 5.73 Å². The van der Waals surface area contributed by atoms with Crippen molar-refractivity contribution in [1.82, 2.24) is 4.90 Å². The molecule has 0 saturated heterocycles. The largest absolute Gasteiger partial charge is 0.370 e. The molecule has 3 nitrogen and oxygen atoms in total. The lowest BCUT2D eigenvalue weighted by Crippen LogP contribution is -2.48. The Balaban J connectivity index is 2.11. The highest BCUT2D eigenvalue weighted by molar-refractivity contribution is 5.80. The zero-order chi connectivity index (χ0) is 9.31. The first kappa shape index (κ1) is 8.85. The highest BCUT2D eigenvalue weighted by atomic mass is 15.3. The Kier molecular flexibility index (Phi) is 2.18. The summed E-state index contributed by atoms with van der Waals surface area (Å²) in [5.41, 5.74) is 6.10. The molecule has 0 aromatic carbocycles. The minimum absolute atomic E-state index is 0.292. The molecule has 1 saturated carbocycles. The van der Waals surface area contributed by atoms with Crippen LogP contribution in [0.1, 0.15) is 38.5 Å². The minimum Gasteiger partial charge on any atom is -0.370 e. The molecule has 1 fully saturated rings. The molecule has 2 aliphatic rings. The first-order valence-electron chi connectivity index (χ1n) is 5.28. The van der Waals surface area contributed by atoms with Crippen molar-refractivity contribution >= 4 is 5.96 Å². The first-order chi connectivity index (χ1) is 6.25. The number of rotatable bonds is 0. The second-order valence-corrected chi connectivity index (χ2v) is 4.37. The lowest BCUT2D eigenvalue weighted by Gasteiger charge is -2.35. The number of guanidine groups is 1. The fourth-order valence-electron chi connectivity index (χ4n) is 2.56. The lowest BCUT2D eigenvalue weighted by molar-refractivity contribution is 0.206. The van der Waals surface area contributed by atoms with Crippen LogP contribution in [0.15, 0.2) is 4.99 Å². The standard InChI is InChI=1S/C10H19N3/c1-13-9(11)12-8-10(13)6-4-2-3-5-7-10/h2-8H2,1H3,(H2,11,12). The molecule has 2 rings (SSSR count). The highest BCUT2D eigenvalue weighted by Crippen LogP contribution is 2.34. The summed E-state index contributed by atoms with van der Waals surface area (Å²) in [5.74, 6) is 0.738. The molecule has 1 spiro atoms. The van der Waals surface area contributed by atoms with E-state index in [0.717, 1.165) is 12.5 Å². The second-order valence-electron chi connectivity index (χ2n) is 4.37. The van der Waals surface area contributed by atoms with Gasteiger partial charge in [-0.05, 0) is 12.8 Å². The van der Waals surface area contributed by atoms with Gasteiger partial charge in [-0.15, -0.1) is 0 Å². The number of likely N-dealkylation sites (N-methyl/N-ethyl adjacent to an activating group) is 1. The average molecular weight is 181 g/mol. The molecular weight excluding hydrogens is 162 g/mol. The van der Waals surface area contributed by atoms with Crippen LogP contribution in [0.5, 0.6) is 0 Å². The summed E-state index contributed by atoms with van der Waals surface area (Å²) in [6.07, 6.45) is 7.99. The summed E-state index contributed by atoms with van der Waals surface area (Å²) in [6, 6.07) is 0.